The van der Waals surface area contributed by atoms with Crippen LogP contribution in [0, 0.1) is 5.92 Å². The Morgan fingerprint density at radius 2 is 2.25 bits per heavy atom. The number of nitrogens with zero attached hydrogens (tertiary/aromatic N) is 1. The molecule has 16 heavy (non-hydrogen) atoms. The summed E-state index contributed by atoms with van der Waals surface area (Å²) in [7, 11) is 1.52. The van der Waals surface area contributed by atoms with Gasteiger partial charge in [-0.15, -0.1) is 0 Å². The second kappa shape index (κ2) is 5.61. The number of carbonyl (C=O) groups is 1. The summed E-state index contributed by atoms with van der Waals surface area (Å²) in [6, 6.07) is 3.32. The molecule has 0 aromatic carbocycles. The maximum atomic E-state index is 11.9. The fourth-order valence-corrected chi connectivity index (χ4v) is 1.31. The van der Waals surface area contributed by atoms with Crippen molar-refractivity contribution < 1.29 is 9.53 Å². The number of methoxy groups -OCH3 is 1. The molecule has 1 rings (SSSR count). The molecule has 1 unspecified atom stereocenters. The van der Waals surface area contributed by atoms with Crippen molar-refractivity contribution in [2.24, 2.45) is 11.7 Å². The van der Waals surface area contributed by atoms with Crippen LogP contribution in [0.1, 0.15) is 30.8 Å². The standard InChI is InChI=1S/C12H18N2O2/c1-8(2)9(13)7-10(15)12-11(16-3)5-4-6-14-12/h4-6,8-9H,7,13H2,1-3H3. The Balaban J connectivity index is 2.80. The summed E-state index contributed by atoms with van der Waals surface area (Å²) in [6.07, 6.45) is 1.88. The van der Waals surface area contributed by atoms with Gasteiger partial charge in [-0.05, 0) is 18.1 Å². The number of carbonyl (C=O) groups excluding carboxylic acids is 1. The molecule has 0 aliphatic rings. The minimum Gasteiger partial charge on any atom is -0.494 e. The number of hydrogen-bond donors (Lipinski definition) is 1. The molecule has 0 fully saturated rings. The van der Waals surface area contributed by atoms with Gasteiger partial charge in [0, 0.05) is 18.7 Å². The molecule has 4 heteroatoms. The van der Waals surface area contributed by atoms with Crippen LogP contribution in [0.5, 0.6) is 5.75 Å². The first kappa shape index (κ1) is 12.6. The molecule has 0 aliphatic heterocycles. The number of pyridine rings is 1. The van der Waals surface area contributed by atoms with Crippen molar-refractivity contribution >= 4 is 5.78 Å². The van der Waals surface area contributed by atoms with Crippen LogP contribution in [0.15, 0.2) is 18.3 Å². The van der Waals surface area contributed by atoms with Gasteiger partial charge in [0.05, 0.1) is 7.11 Å². The molecule has 0 bridgehead atoms. The van der Waals surface area contributed by atoms with Crippen molar-refractivity contribution in [2.75, 3.05) is 7.11 Å². The molecule has 0 spiro atoms. The molecule has 1 atom stereocenters. The molecule has 0 saturated carbocycles. The lowest BCUT2D eigenvalue weighted by Crippen LogP contribution is -2.29. The molecule has 0 aliphatic carbocycles. The zero-order valence-corrected chi connectivity index (χ0v) is 9.93. The van der Waals surface area contributed by atoms with Gasteiger partial charge in [-0.1, -0.05) is 13.8 Å². The summed E-state index contributed by atoms with van der Waals surface area (Å²) in [5.41, 5.74) is 6.22. The van der Waals surface area contributed by atoms with E-state index in [0.717, 1.165) is 0 Å². The normalized spacial score (nSPS) is 12.6. The van der Waals surface area contributed by atoms with E-state index in [1.54, 1.807) is 18.3 Å². The van der Waals surface area contributed by atoms with E-state index in [4.69, 9.17) is 10.5 Å². The van der Waals surface area contributed by atoms with E-state index in [9.17, 15) is 4.79 Å². The molecular weight excluding hydrogens is 204 g/mol. The molecule has 1 heterocycles. The van der Waals surface area contributed by atoms with Crippen LogP contribution < -0.4 is 10.5 Å². The van der Waals surface area contributed by atoms with Gasteiger partial charge in [0.1, 0.15) is 11.4 Å². The SMILES string of the molecule is COc1cccnc1C(=O)CC(N)C(C)C. The lowest BCUT2D eigenvalue weighted by Gasteiger charge is -2.14. The smallest absolute Gasteiger partial charge is 0.186 e. The minimum atomic E-state index is -0.140. The van der Waals surface area contributed by atoms with Gasteiger partial charge in [-0.3, -0.25) is 4.79 Å². The Morgan fingerprint density at radius 1 is 1.56 bits per heavy atom. The first-order valence-electron chi connectivity index (χ1n) is 5.34. The minimum absolute atomic E-state index is 0.0707. The predicted molar refractivity (Wildman–Crippen MR) is 62.5 cm³/mol. The first-order valence-corrected chi connectivity index (χ1v) is 5.34. The molecular formula is C12H18N2O2. The molecule has 4 nitrogen and oxygen atoms in total. The van der Waals surface area contributed by atoms with Gasteiger partial charge in [0.2, 0.25) is 0 Å². The van der Waals surface area contributed by atoms with Gasteiger partial charge < -0.3 is 10.5 Å². The predicted octanol–water partition coefficient (Wildman–Crippen LogP) is 1.65. The second-order valence-electron chi connectivity index (χ2n) is 4.09. The number of ether oxygens (including phenoxy) is 1. The summed E-state index contributed by atoms with van der Waals surface area (Å²) < 4.78 is 5.08. The van der Waals surface area contributed by atoms with Crippen LogP contribution in [0.3, 0.4) is 0 Å². The van der Waals surface area contributed by atoms with Crippen LogP contribution in [-0.4, -0.2) is 23.9 Å². The highest BCUT2D eigenvalue weighted by Gasteiger charge is 2.18. The Labute approximate surface area is 95.8 Å². The van der Waals surface area contributed by atoms with Crippen LogP contribution in [0.2, 0.25) is 0 Å². The van der Waals surface area contributed by atoms with E-state index >= 15 is 0 Å². The number of nitrogens with two attached hydrogens (primary N) is 1. The van der Waals surface area contributed by atoms with E-state index in [1.165, 1.54) is 7.11 Å². The molecule has 1 aromatic heterocycles. The monoisotopic (exact) mass is 222 g/mol. The topological polar surface area (TPSA) is 65.2 Å². The van der Waals surface area contributed by atoms with Gasteiger partial charge in [-0.2, -0.15) is 0 Å². The highest BCUT2D eigenvalue weighted by atomic mass is 16.5. The van der Waals surface area contributed by atoms with E-state index in [2.05, 4.69) is 4.98 Å². The largest absolute Gasteiger partial charge is 0.494 e. The zero-order chi connectivity index (χ0) is 12.1. The highest BCUT2D eigenvalue weighted by Crippen LogP contribution is 2.17. The van der Waals surface area contributed by atoms with Crippen LogP contribution in [-0.2, 0) is 0 Å². The fraction of sp³-hybridized carbons (Fsp3) is 0.500. The summed E-state index contributed by atoms with van der Waals surface area (Å²) in [4.78, 5) is 15.9. The van der Waals surface area contributed by atoms with E-state index < -0.39 is 0 Å². The van der Waals surface area contributed by atoms with Crippen LogP contribution in [0.4, 0.5) is 0 Å². The molecule has 0 radical (unpaired) electrons. The van der Waals surface area contributed by atoms with Gasteiger partial charge in [0.15, 0.2) is 5.78 Å². The summed E-state index contributed by atoms with van der Waals surface area (Å²) in [6.45, 7) is 3.99. The maximum Gasteiger partial charge on any atom is 0.186 e. The quantitative estimate of drug-likeness (QED) is 0.769. The van der Waals surface area contributed by atoms with Crippen molar-refractivity contribution in [3.8, 4) is 5.75 Å². The number of aromatic nitrogens is 1. The van der Waals surface area contributed by atoms with Gasteiger partial charge >= 0.3 is 0 Å². The van der Waals surface area contributed by atoms with E-state index in [1.807, 2.05) is 13.8 Å². The second-order valence-corrected chi connectivity index (χ2v) is 4.09. The average Bonchev–Trinajstić information content (AvgIpc) is 2.28. The highest BCUT2D eigenvalue weighted by molar-refractivity contribution is 5.97. The number of rotatable bonds is 5. The Bertz CT molecular complexity index is 364. The van der Waals surface area contributed by atoms with Crippen molar-refractivity contribution in [3.05, 3.63) is 24.0 Å². The van der Waals surface area contributed by atoms with Gasteiger partial charge in [0.25, 0.3) is 0 Å². The first-order chi connectivity index (χ1) is 7.56. The van der Waals surface area contributed by atoms with Crippen LogP contribution in [0.25, 0.3) is 0 Å². The number of Topliss-reactive ketones (excluding diaryl/α,β-unsaturated/α-hetero) is 1. The molecule has 0 amide bonds. The summed E-state index contributed by atoms with van der Waals surface area (Å²) in [5.74, 6) is 0.709. The Hall–Kier alpha value is -1.42. The lowest BCUT2D eigenvalue weighted by atomic mass is 9.98. The van der Waals surface area contributed by atoms with Crippen molar-refractivity contribution in [1.82, 2.24) is 4.98 Å². The lowest BCUT2D eigenvalue weighted by molar-refractivity contribution is 0.0959. The van der Waals surface area contributed by atoms with Gasteiger partial charge in [-0.25, -0.2) is 4.98 Å². The third-order valence-electron chi connectivity index (χ3n) is 2.53. The maximum absolute atomic E-state index is 11.9. The third kappa shape index (κ3) is 3.03. The Morgan fingerprint density at radius 3 is 2.81 bits per heavy atom. The molecule has 0 saturated heterocycles. The van der Waals surface area contributed by atoms with Crippen LogP contribution >= 0.6 is 0 Å². The molecule has 88 valence electrons. The fourth-order valence-electron chi connectivity index (χ4n) is 1.31. The Kier molecular flexibility index (Phi) is 4.43. The zero-order valence-electron chi connectivity index (χ0n) is 9.93. The van der Waals surface area contributed by atoms with Crippen molar-refractivity contribution in [1.29, 1.82) is 0 Å². The summed E-state index contributed by atoms with van der Waals surface area (Å²) in [5, 5.41) is 0. The average molecular weight is 222 g/mol. The van der Waals surface area contributed by atoms with Crippen molar-refractivity contribution in [3.63, 3.8) is 0 Å². The summed E-state index contributed by atoms with van der Waals surface area (Å²) >= 11 is 0. The third-order valence-corrected chi connectivity index (χ3v) is 2.53. The van der Waals surface area contributed by atoms with E-state index in [-0.39, 0.29) is 17.7 Å². The number of ketones is 1. The molecule has 2 N–H and O–H groups in total. The van der Waals surface area contributed by atoms with E-state index in [0.29, 0.717) is 17.9 Å². The molecule has 1 aromatic rings. The van der Waals surface area contributed by atoms with Crippen molar-refractivity contribution in [2.45, 2.75) is 26.3 Å². The number of hydrogen-bond acceptors (Lipinski definition) is 4.